The van der Waals surface area contributed by atoms with Gasteiger partial charge >= 0.3 is 0 Å². The minimum Gasteiger partial charge on any atom is -0.424 e. The molecule has 9 heteroatoms. The Labute approximate surface area is 153 Å². The van der Waals surface area contributed by atoms with Crippen molar-refractivity contribution >= 4 is 34.6 Å². The maximum Gasteiger partial charge on any atom is 0.292 e. The normalized spacial score (nSPS) is 12.3. The number of nitrogens with one attached hydrogen (secondary N) is 1. The number of oxazole rings is 1. The molecule has 4 rings (SSSR count). The Kier molecular flexibility index (Phi) is 3.76. The Hall–Kier alpha value is -3.88. The molecule has 5 N–H and O–H groups in total. The fraction of sp³-hybridized carbons (Fsp3) is 0.111. The van der Waals surface area contributed by atoms with Gasteiger partial charge in [-0.2, -0.15) is 4.98 Å². The lowest BCUT2D eigenvalue weighted by molar-refractivity contribution is -0.119. The van der Waals surface area contributed by atoms with Crippen LogP contribution in [0.25, 0.3) is 27.9 Å². The third-order valence-electron chi connectivity index (χ3n) is 4.25. The van der Waals surface area contributed by atoms with Crippen molar-refractivity contribution in [2.75, 3.05) is 5.73 Å². The highest BCUT2D eigenvalue weighted by molar-refractivity contribution is 5.96. The number of pyridine rings is 1. The zero-order chi connectivity index (χ0) is 19.1. The molecule has 0 saturated carbocycles. The second-order valence-corrected chi connectivity index (χ2v) is 6.12. The monoisotopic (exact) mass is 364 g/mol. The summed E-state index contributed by atoms with van der Waals surface area (Å²) in [5.41, 5.74) is 14.6. The molecule has 0 fully saturated rings. The van der Waals surface area contributed by atoms with Crippen LogP contribution in [-0.4, -0.2) is 32.2 Å². The molecular formula is C18H16N6O3. The number of benzene rings is 1. The van der Waals surface area contributed by atoms with Crippen LogP contribution in [-0.2, 0) is 4.79 Å². The number of nitrogen functional groups attached to an aromatic ring is 1. The van der Waals surface area contributed by atoms with Gasteiger partial charge in [-0.1, -0.05) is 6.07 Å². The van der Waals surface area contributed by atoms with Crippen molar-refractivity contribution in [2.45, 2.75) is 13.0 Å². The zero-order valence-electron chi connectivity index (χ0n) is 14.3. The van der Waals surface area contributed by atoms with Crippen LogP contribution in [0.4, 0.5) is 6.01 Å². The van der Waals surface area contributed by atoms with Crippen molar-refractivity contribution in [2.24, 2.45) is 5.73 Å². The largest absolute Gasteiger partial charge is 0.424 e. The molecule has 0 radical (unpaired) electrons. The third-order valence-corrected chi connectivity index (χ3v) is 4.25. The number of amides is 2. The minimum atomic E-state index is -0.786. The van der Waals surface area contributed by atoms with Crippen molar-refractivity contribution in [3.63, 3.8) is 0 Å². The summed E-state index contributed by atoms with van der Waals surface area (Å²) in [5, 5.41) is 2.55. The van der Waals surface area contributed by atoms with Crippen molar-refractivity contribution in [1.29, 1.82) is 0 Å². The summed E-state index contributed by atoms with van der Waals surface area (Å²) in [7, 11) is 0. The molecule has 4 aromatic rings. The van der Waals surface area contributed by atoms with Gasteiger partial charge in [-0.3, -0.25) is 14.0 Å². The first kappa shape index (κ1) is 16.6. The number of rotatable bonds is 4. The molecule has 136 valence electrons. The summed E-state index contributed by atoms with van der Waals surface area (Å²) >= 11 is 0. The summed E-state index contributed by atoms with van der Waals surface area (Å²) < 4.78 is 6.94. The van der Waals surface area contributed by atoms with Gasteiger partial charge in [0.05, 0.1) is 6.20 Å². The first-order valence-electron chi connectivity index (χ1n) is 8.16. The number of hydrogen-bond acceptors (Lipinski definition) is 6. The summed E-state index contributed by atoms with van der Waals surface area (Å²) in [4.78, 5) is 32.0. The predicted molar refractivity (Wildman–Crippen MR) is 98.7 cm³/mol. The number of aromatic nitrogens is 3. The van der Waals surface area contributed by atoms with E-state index in [1.165, 1.54) is 13.1 Å². The number of fused-ring (bicyclic) bond motifs is 2. The maximum atomic E-state index is 12.4. The molecule has 3 aromatic heterocycles. The second-order valence-electron chi connectivity index (χ2n) is 6.12. The van der Waals surface area contributed by atoms with E-state index < -0.39 is 17.9 Å². The van der Waals surface area contributed by atoms with E-state index in [1.807, 2.05) is 18.2 Å². The highest BCUT2D eigenvalue weighted by Gasteiger charge is 2.17. The van der Waals surface area contributed by atoms with E-state index in [0.717, 1.165) is 11.1 Å². The minimum absolute atomic E-state index is 0.106. The number of carbonyl (C=O) groups excluding carboxylic acids is 2. The molecule has 3 heterocycles. The number of primary amides is 1. The van der Waals surface area contributed by atoms with E-state index in [1.54, 1.807) is 22.7 Å². The molecule has 0 bridgehead atoms. The first-order chi connectivity index (χ1) is 12.9. The molecule has 2 amide bonds. The van der Waals surface area contributed by atoms with Crippen LogP contribution < -0.4 is 16.8 Å². The van der Waals surface area contributed by atoms with E-state index in [9.17, 15) is 9.59 Å². The molecule has 27 heavy (non-hydrogen) atoms. The summed E-state index contributed by atoms with van der Waals surface area (Å²) in [6.45, 7) is 1.52. The summed E-state index contributed by atoms with van der Waals surface area (Å²) in [6, 6.07) is 8.52. The predicted octanol–water partition coefficient (Wildman–Crippen LogP) is 1.33. The van der Waals surface area contributed by atoms with Gasteiger partial charge in [0.25, 0.3) is 11.9 Å². The molecule has 1 aromatic carbocycles. The van der Waals surface area contributed by atoms with Crippen LogP contribution in [0.15, 0.2) is 47.1 Å². The van der Waals surface area contributed by atoms with Crippen molar-refractivity contribution < 1.29 is 14.0 Å². The lowest BCUT2D eigenvalue weighted by atomic mass is 10.1. The molecular weight excluding hydrogens is 348 g/mol. The Balaban J connectivity index is 1.74. The van der Waals surface area contributed by atoms with Crippen molar-refractivity contribution in [1.82, 2.24) is 19.7 Å². The highest BCUT2D eigenvalue weighted by Crippen LogP contribution is 2.26. The molecule has 1 atom stereocenters. The number of imidazole rings is 1. The van der Waals surface area contributed by atoms with Crippen LogP contribution in [0.1, 0.15) is 17.4 Å². The smallest absolute Gasteiger partial charge is 0.292 e. The van der Waals surface area contributed by atoms with Gasteiger partial charge in [0.2, 0.25) is 5.91 Å². The topological polar surface area (TPSA) is 142 Å². The second kappa shape index (κ2) is 6.13. The van der Waals surface area contributed by atoms with Crippen LogP contribution >= 0.6 is 0 Å². The fourth-order valence-electron chi connectivity index (χ4n) is 2.79. The van der Waals surface area contributed by atoms with Gasteiger partial charge in [-0.25, -0.2) is 4.98 Å². The highest BCUT2D eigenvalue weighted by atomic mass is 16.4. The number of carbonyl (C=O) groups is 2. The standard InChI is InChI=1S/C18H16N6O3/c1-9(16(19)25)22-17(26)13-7-21-15-5-3-11(8-24(13)15)10-2-4-14-12(6-10)23-18(20)27-14/h2-9H,1H3,(H2,19,25)(H2,20,23)(H,22,26)/t9-/m1/s1. The molecule has 0 unspecified atom stereocenters. The number of anilines is 1. The van der Waals surface area contributed by atoms with Gasteiger partial charge in [0.1, 0.15) is 22.9 Å². The van der Waals surface area contributed by atoms with Crippen LogP contribution in [0.5, 0.6) is 0 Å². The van der Waals surface area contributed by atoms with Gasteiger partial charge < -0.3 is 21.2 Å². The first-order valence-corrected chi connectivity index (χ1v) is 8.16. The Morgan fingerprint density at radius 3 is 2.78 bits per heavy atom. The average Bonchev–Trinajstić information content (AvgIpc) is 3.22. The van der Waals surface area contributed by atoms with E-state index in [-0.39, 0.29) is 6.01 Å². The van der Waals surface area contributed by atoms with Gasteiger partial charge in [0.15, 0.2) is 5.58 Å². The quantitative estimate of drug-likeness (QED) is 0.499. The van der Waals surface area contributed by atoms with Crippen LogP contribution in [0.3, 0.4) is 0 Å². The molecule has 0 aliphatic carbocycles. The van der Waals surface area contributed by atoms with Crippen LogP contribution in [0, 0.1) is 0 Å². The third kappa shape index (κ3) is 2.95. The van der Waals surface area contributed by atoms with Gasteiger partial charge in [-0.05, 0) is 42.3 Å². The number of hydrogen-bond donors (Lipinski definition) is 3. The maximum absolute atomic E-state index is 12.4. The number of nitrogens with two attached hydrogens (primary N) is 2. The van der Waals surface area contributed by atoms with E-state index in [0.29, 0.717) is 22.4 Å². The van der Waals surface area contributed by atoms with Crippen LogP contribution in [0.2, 0.25) is 0 Å². The lowest BCUT2D eigenvalue weighted by Crippen LogP contribution is -2.42. The molecule has 0 aliphatic rings. The lowest BCUT2D eigenvalue weighted by Gasteiger charge is -2.10. The van der Waals surface area contributed by atoms with Gasteiger partial charge in [0, 0.05) is 6.20 Å². The van der Waals surface area contributed by atoms with Crippen molar-refractivity contribution in [3.8, 4) is 11.1 Å². The molecule has 0 spiro atoms. The zero-order valence-corrected chi connectivity index (χ0v) is 14.3. The van der Waals surface area contributed by atoms with E-state index in [4.69, 9.17) is 15.9 Å². The molecule has 0 aliphatic heterocycles. The SMILES string of the molecule is C[C@@H](NC(=O)c1cnc2ccc(-c3ccc4oc(N)nc4c3)cn12)C(N)=O. The Bertz CT molecular complexity index is 1190. The summed E-state index contributed by atoms with van der Waals surface area (Å²) in [6.07, 6.45) is 3.24. The van der Waals surface area contributed by atoms with Crippen molar-refractivity contribution in [3.05, 3.63) is 48.4 Å². The Morgan fingerprint density at radius 1 is 1.22 bits per heavy atom. The number of nitrogens with zero attached hydrogens (tertiary/aromatic N) is 3. The fourth-order valence-corrected chi connectivity index (χ4v) is 2.79. The Morgan fingerprint density at radius 2 is 2.00 bits per heavy atom. The molecule has 0 saturated heterocycles. The molecule has 9 nitrogen and oxygen atoms in total. The average molecular weight is 364 g/mol. The van der Waals surface area contributed by atoms with E-state index in [2.05, 4.69) is 15.3 Å². The van der Waals surface area contributed by atoms with E-state index >= 15 is 0 Å². The van der Waals surface area contributed by atoms with Gasteiger partial charge in [-0.15, -0.1) is 0 Å². The summed E-state index contributed by atoms with van der Waals surface area (Å²) in [5.74, 6) is -1.05.